The Balaban J connectivity index is 2.53. The van der Waals surface area contributed by atoms with Crippen molar-refractivity contribution in [3.05, 3.63) is 36.5 Å². The molecule has 4 nitrogen and oxygen atoms in total. The van der Waals surface area contributed by atoms with Gasteiger partial charge in [-0.2, -0.15) is 0 Å². The van der Waals surface area contributed by atoms with E-state index in [-0.39, 0.29) is 0 Å². The van der Waals surface area contributed by atoms with Gasteiger partial charge in [-0.25, -0.2) is 9.97 Å². The van der Waals surface area contributed by atoms with Gasteiger partial charge in [0, 0.05) is 30.3 Å². The molecule has 0 aromatic carbocycles. The molecule has 2 heterocycles. The summed E-state index contributed by atoms with van der Waals surface area (Å²) < 4.78 is 1.89. The van der Waals surface area contributed by atoms with E-state index < -0.39 is 0 Å². The lowest BCUT2D eigenvalue weighted by Crippen LogP contribution is -1.99. The zero-order valence-corrected chi connectivity index (χ0v) is 7.31. The first-order valence-corrected chi connectivity index (χ1v) is 3.99. The highest BCUT2D eigenvalue weighted by molar-refractivity contribution is 5.43. The summed E-state index contributed by atoms with van der Waals surface area (Å²) in [6.45, 7) is 1.92. The average molecular weight is 174 g/mol. The van der Waals surface area contributed by atoms with Crippen LogP contribution in [0.25, 0.3) is 5.82 Å². The standard InChI is InChI=1S/C9H10N4/c1-7-11-4-5-13(7)9-6-8(10)2-3-12-9/h2-6H,1H3,(H2,10,12). The van der Waals surface area contributed by atoms with Gasteiger partial charge in [0.2, 0.25) is 0 Å². The summed E-state index contributed by atoms with van der Waals surface area (Å²) in [4.78, 5) is 8.29. The number of nitrogen functional groups attached to an aromatic ring is 1. The van der Waals surface area contributed by atoms with Crippen molar-refractivity contribution in [2.75, 3.05) is 5.73 Å². The SMILES string of the molecule is Cc1nccn1-c1cc(N)ccn1. The first kappa shape index (κ1) is 7.79. The summed E-state index contributed by atoms with van der Waals surface area (Å²) in [6.07, 6.45) is 5.28. The van der Waals surface area contributed by atoms with E-state index in [0.717, 1.165) is 11.6 Å². The fourth-order valence-corrected chi connectivity index (χ4v) is 1.19. The van der Waals surface area contributed by atoms with Gasteiger partial charge >= 0.3 is 0 Å². The van der Waals surface area contributed by atoms with Gasteiger partial charge in [-0.3, -0.25) is 4.57 Å². The molecule has 0 saturated heterocycles. The Bertz CT molecular complexity index is 419. The predicted octanol–water partition coefficient (Wildman–Crippen LogP) is 1.16. The third-order valence-electron chi connectivity index (χ3n) is 1.84. The number of hydrogen-bond acceptors (Lipinski definition) is 3. The Labute approximate surface area is 76.1 Å². The molecule has 4 heteroatoms. The molecule has 0 aliphatic heterocycles. The van der Waals surface area contributed by atoms with Gasteiger partial charge in [0.25, 0.3) is 0 Å². The van der Waals surface area contributed by atoms with Gasteiger partial charge in [-0.05, 0) is 13.0 Å². The largest absolute Gasteiger partial charge is 0.399 e. The first-order valence-electron chi connectivity index (χ1n) is 3.99. The van der Waals surface area contributed by atoms with Crippen LogP contribution in [0.3, 0.4) is 0 Å². The molecule has 0 unspecified atom stereocenters. The quantitative estimate of drug-likeness (QED) is 0.705. The molecule has 2 aromatic heterocycles. The van der Waals surface area contributed by atoms with E-state index in [1.807, 2.05) is 23.8 Å². The number of rotatable bonds is 1. The van der Waals surface area contributed by atoms with Gasteiger partial charge in [-0.1, -0.05) is 0 Å². The van der Waals surface area contributed by atoms with E-state index in [9.17, 15) is 0 Å². The number of hydrogen-bond donors (Lipinski definition) is 1. The maximum absolute atomic E-state index is 5.64. The van der Waals surface area contributed by atoms with Gasteiger partial charge in [0.15, 0.2) is 0 Å². The van der Waals surface area contributed by atoms with Crippen molar-refractivity contribution in [3.63, 3.8) is 0 Å². The first-order chi connectivity index (χ1) is 6.27. The Hall–Kier alpha value is -1.84. The van der Waals surface area contributed by atoms with Crippen LogP contribution in [0.1, 0.15) is 5.82 Å². The monoisotopic (exact) mass is 174 g/mol. The van der Waals surface area contributed by atoms with Crippen LogP contribution < -0.4 is 5.73 Å². The van der Waals surface area contributed by atoms with Crippen molar-refractivity contribution in [1.29, 1.82) is 0 Å². The van der Waals surface area contributed by atoms with Crippen molar-refractivity contribution in [2.24, 2.45) is 0 Å². The molecule has 2 aromatic rings. The highest BCUT2D eigenvalue weighted by atomic mass is 15.1. The van der Waals surface area contributed by atoms with Gasteiger partial charge in [0.05, 0.1) is 0 Å². The fourth-order valence-electron chi connectivity index (χ4n) is 1.19. The lowest BCUT2D eigenvalue weighted by atomic mass is 10.4. The van der Waals surface area contributed by atoms with E-state index >= 15 is 0 Å². The van der Waals surface area contributed by atoms with Crippen LogP contribution in [-0.4, -0.2) is 14.5 Å². The van der Waals surface area contributed by atoms with Crippen LogP contribution in [0, 0.1) is 6.92 Å². The van der Waals surface area contributed by atoms with Crippen LogP contribution >= 0.6 is 0 Å². The summed E-state index contributed by atoms with van der Waals surface area (Å²) in [6, 6.07) is 3.57. The molecule has 0 amide bonds. The Kier molecular flexibility index (Phi) is 1.73. The van der Waals surface area contributed by atoms with Crippen LogP contribution in [0.15, 0.2) is 30.7 Å². The number of imidazole rings is 1. The van der Waals surface area contributed by atoms with Crippen molar-refractivity contribution < 1.29 is 0 Å². The van der Waals surface area contributed by atoms with E-state index in [1.165, 1.54) is 0 Å². The van der Waals surface area contributed by atoms with Crippen LogP contribution in [-0.2, 0) is 0 Å². The van der Waals surface area contributed by atoms with Crippen LogP contribution in [0.2, 0.25) is 0 Å². The third-order valence-corrected chi connectivity index (χ3v) is 1.84. The van der Waals surface area contributed by atoms with Crippen molar-refractivity contribution in [3.8, 4) is 5.82 Å². The molecule has 2 N–H and O–H groups in total. The Morgan fingerprint density at radius 2 is 2.15 bits per heavy atom. The molecule has 0 saturated carbocycles. The van der Waals surface area contributed by atoms with Gasteiger partial charge in [0.1, 0.15) is 11.6 Å². The van der Waals surface area contributed by atoms with E-state index in [2.05, 4.69) is 9.97 Å². The van der Waals surface area contributed by atoms with Crippen molar-refractivity contribution >= 4 is 5.69 Å². The summed E-state index contributed by atoms with van der Waals surface area (Å²) in [5, 5.41) is 0. The zero-order chi connectivity index (χ0) is 9.26. The van der Waals surface area contributed by atoms with Crippen molar-refractivity contribution in [1.82, 2.24) is 14.5 Å². The fraction of sp³-hybridized carbons (Fsp3) is 0.111. The second-order valence-electron chi connectivity index (χ2n) is 2.79. The summed E-state index contributed by atoms with van der Waals surface area (Å²) in [5.74, 6) is 1.70. The van der Waals surface area contributed by atoms with Gasteiger partial charge in [-0.15, -0.1) is 0 Å². The lowest BCUT2D eigenvalue weighted by molar-refractivity contribution is 0.933. The molecule has 0 aliphatic carbocycles. The van der Waals surface area contributed by atoms with E-state index in [0.29, 0.717) is 5.69 Å². The number of aryl methyl sites for hydroxylation is 1. The highest BCUT2D eigenvalue weighted by Gasteiger charge is 2.00. The Morgan fingerprint density at radius 1 is 1.31 bits per heavy atom. The molecular weight excluding hydrogens is 164 g/mol. The molecule has 0 aliphatic rings. The molecule has 0 atom stereocenters. The Morgan fingerprint density at radius 3 is 2.77 bits per heavy atom. The lowest BCUT2D eigenvalue weighted by Gasteiger charge is -2.03. The number of pyridine rings is 1. The smallest absolute Gasteiger partial charge is 0.140 e. The third kappa shape index (κ3) is 1.38. The maximum atomic E-state index is 5.64. The molecule has 0 radical (unpaired) electrons. The normalized spacial score (nSPS) is 10.2. The second kappa shape index (κ2) is 2.90. The molecule has 0 spiro atoms. The number of anilines is 1. The molecule has 0 fully saturated rings. The summed E-state index contributed by atoms with van der Waals surface area (Å²) >= 11 is 0. The van der Waals surface area contributed by atoms with Gasteiger partial charge < -0.3 is 5.73 Å². The minimum Gasteiger partial charge on any atom is -0.399 e. The topological polar surface area (TPSA) is 56.7 Å². The second-order valence-corrected chi connectivity index (χ2v) is 2.79. The number of nitrogens with two attached hydrogens (primary N) is 1. The zero-order valence-electron chi connectivity index (χ0n) is 7.31. The predicted molar refractivity (Wildman–Crippen MR) is 50.5 cm³/mol. The molecule has 66 valence electrons. The van der Waals surface area contributed by atoms with Crippen LogP contribution in [0.5, 0.6) is 0 Å². The highest BCUT2D eigenvalue weighted by Crippen LogP contribution is 2.09. The van der Waals surface area contributed by atoms with E-state index in [4.69, 9.17) is 5.73 Å². The number of nitrogens with zero attached hydrogens (tertiary/aromatic N) is 3. The van der Waals surface area contributed by atoms with E-state index in [1.54, 1.807) is 18.5 Å². The minimum absolute atomic E-state index is 0.707. The molecule has 2 rings (SSSR count). The minimum atomic E-state index is 0.707. The summed E-state index contributed by atoms with van der Waals surface area (Å²) in [7, 11) is 0. The van der Waals surface area contributed by atoms with Crippen molar-refractivity contribution in [2.45, 2.75) is 6.92 Å². The maximum Gasteiger partial charge on any atom is 0.140 e. The average Bonchev–Trinajstić information content (AvgIpc) is 2.51. The molecular formula is C9H10N4. The van der Waals surface area contributed by atoms with Crippen LogP contribution in [0.4, 0.5) is 5.69 Å². The summed E-state index contributed by atoms with van der Waals surface area (Å²) in [5.41, 5.74) is 6.35. The molecule has 0 bridgehead atoms. The molecule has 13 heavy (non-hydrogen) atoms. The number of aromatic nitrogens is 3.